The van der Waals surface area contributed by atoms with E-state index in [0.717, 1.165) is 11.1 Å². The Labute approximate surface area is 214 Å². The standard InChI is InChI=1S/C27H26ClN3O3S/c1-17(2)29-26(34)22-5-3-4-6-23(22)30-25(33)19-9-11-20(12-10-19)27-31(24(32)16-35-27)15-18-7-13-21(28)14-8-18/h3-14,17,27H,15-16H2,1-2H3,(H,29,34)(H,30,33)/t27-/m1/s1. The summed E-state index contributed by atoms with van der Waals surface area (Å²) in [6.07, 6.45) is 0. The number of benzene rings is 3. The first kappa shape index (κ1) is 24.8. The number of anilines is 1. The molecule has 1 fully saturated rings. The van der Waals surface area contributed by atoms with Gasteiger partial charge in [-0.05, 0) is 61.4 Å². The number of halogens is 1. The number of rotatable bonds is 7. The number of carbonyl (C=O) groups is 3. The van der Waals surface area contributed by atoms with E-state index in [9.17, 15) is 14.4 Å². The lowest BCUT2D eigenvalue weighted by atomic mass is 10.1. The normalized spacial score (nSPS) is 15.4. The molecule has 3 aromatic rings. The predicted molar refractivity (Wildman–Crippen MR) is 141 cm³/mol. The molecule has 0 radical (unpaired) electrons. The number of thioether (sulfide) groups is 1. The van der Waals surface area contributed by atoms with Gasteiger partial charge in [0.15, 0.2) is 0 Å². The summed E-state index contributed by atoms with van der Waals surface area (Å²) in [6.45, 7) is 4.26. The Balaban J connectivity index is 1.47. The zero-order valence-electron chi connectivity index (χ0n) is 19.5. The fourth-order valence-corrected chi connectivity index (χ4v) is 5.13. The Morgan fingerprint density at radius 3 is 2.37 bits per heavy atom. The van der Waals surface area contributed by atoms with Crippen LogP contribution in [-0.2, 0) is 11.3 Å². The maximum absolute atomic E-state index is 12.9. The van der Waals surface area contributed by atoms with Crippen LogP contribution in [-0.4, -0.2) is 34.4 Å². The van der Waals surface area contributed by atoms with Crippen molar-refractivity contribution in [1.29, 1.82) is 0 Å². The van der Waals surface area contributed by atoms with Crippen LogP contribution in [0.1, 0.15) is 51.1 Å². The Hall–Kier alpha value is -3.29. The molecular formula is C27H26ClN3O3S. The lowest BCUT2D eigenvalue weighted by Crippen LogP contribution is -2.31. The molecule has 8 heteroatoms. The summed E-state index contributed by atoms with van der Waals surface area (Å²) in [5, 5.41) is 6.22. The van der Waals surface area contributed by atoms with Crippen molar-refractivity contribution in [3.8, 4) is 0 Å². The minimum absolute atomic E-state index is 0.0154. The number of carbonyl (C=O) groups excluding carboxylic acids is 3. The Morgan fingerprint density at radius 2 is 1.69 bits per heavy atom. The molecule has 1 heterocycles. The van der Waals surface area contributed by atoms with Gasteiger partial charge in [-0.2, -0.15) is 0 Å². The molecule has 3 amide bonds. The van der Waals surface area contributed by atoms with Crippen LogP contribution in [0.2, 0.25) is 5.02 Å². The van der Waals surface area contributed by atoms with Crippen molar-refractivity contribution < 1.29 is 14.4 Å². The topological polar surface area (TPSA) is 78.5 Å². The molecule has 0 bridgehead atoms. The quantitative estimate of drug-likeness (QED) is 0.442. The van der Waals surface area contributed by atoms with Crippen molar-refractivity contribution in [1.82, 2.24) is 10.2 Å². The molecule has 180 valence electrons. The summed E-state index contributed by atoms with van der Waals surface area (Å²) in [6, 6.07) is 21.6. The molecule has 0 aromatic heterocycles. The third-order valence-electron chi connectivity index (χ3n) is 5.53. The number of amides is 3. The van der Waals surface area contributed by atoms with Gasteiger partial charge in [-0.1, -0.05) is 48.0 Å². The van der Waals surface area contributed by atoms with E-state index in [4.69, 9.17) is 11.6 Å². The lowest BCUT2D eigenvalue weighted by molar-refractivity contribution is -0.128. The van der Waals surface area contributed by atoms with Gasteiger partial charge in [0, 0.05) is 23.2 Å². The van der Waals surface area contributed by atoms with Crippen molar-refractivity contribution >= 4 is 46.8 Å². The van der Waals surface area contributed by atoms with Crippen LogP contribution >= 0.6 is 23.4 Å². The molecule has 0 aliphatic carbocycles. The van der Waals surface area contributed by atoms with Crippen LogP contribution in [0, 0.1) is 0 Å². The van der Waals surface area contributed by atoms with Crippen LogP contribution < -0.4 is 10.6 Å². The van der Waals surface area contributed by atoms with Gasteiger partial charge in [0.2, 0.25) is 5.91 Å². The number of para-hydroxylation sites is 1. The van der Waals surface area contributed by atoms with E-state index < -0.39 is 0 Å². The highest BCUT2D eigenvalue weighted by molar-refractivity contribution is 8.00. The summed E-state index contributed by atoms with van der Waals surface area (Å²) in [7, 11) is 0. The highest BCUT2D eigenvalue weighted by Gasteiger charge is 2.32. The van der Waals surface area contributed by atoms with Gasteiger partial charge in [0.25, 0.3) is 11.8 Å². The van der Waals surface area contributed by atoms with Crippen molar-refractivity contribution in [3.63, 3.8) is 0 Å². The molecular weight excluding hydrogens is 482 g/mol. The number of nitrogens with one attached hydrogen (secondary N) is 2. The molecule has 1 aliphatic heterocycles. The van der Waals surface area contributed by atoms with Crippen LogP contribution in [0.15, 0.2) is 72.8 Å². The predicted octanol–water partition coefficient (Wildman–Crippen LogP) is 5.50. The van der Waals surface area contributed by atoms with Gasteiger partial charge >= 0.3 is 0 Å². The monoisotopic (exact) mass is 507 g/mol. The van der Waals surface area contributed by atoms with Crippen molar-refractivity contribution in [2.24, 2.45) is 0 Å². The first-order chi connectivity index (χ1) is 16.8. The molecule has 0 spiro atoms. The van der Waals surface area contributed by atoms with E-state index in [1.165, 1.54) is 0 Å². The summed E-state index contributed by atoms with van der Waals surface area (Å²) in [5.74, 6) is -0.0621. The fourth-order valence-electron chi connectivity index (χ4n) is 3.81. The van der Waals surface area contributed by atoms with E-state index in [2.05, 4.69) is 10.6 Å². The second-order valence-corrected chi connectivity index (χ2v) is 10.1. The maximum Gasteiger partial charge on any atom is 0.255 e. The summed E-state index contributed by atoms with van der Waals surface area (Å²) in [4.78, 5) is 39.8. The van der Waals surface area contributed by atoms with Gasteiger partial charge in [-0.25, -0.2) is 0 Å². The van der Waals surface area contributed by atoms with E-state index in [1.807, 2.05) is 55.1 Å². The van der Waals surface area contributed by atoms with Gasteiger partial charge in [-0.3, -0.25) is 14.4 Å². The molecule has 1 aliphatic rings. The molecule has 35 heavy (non-hydrogen) atoms. The number of nitrogens with zero attached hydrogens (tertiary/aromatic N) is 1. The number of hydrogen-bond donors (Lipinski definition) is 2. The van der Waals surface area contributed by atoms with Crippen molar-refractivity contribution in [2.75, 3.05) is 11.1 Å². The van der Waals surface area contributed by atoms with Gasteiger partial charge in [0.05, 0.1) is 17.0 Å². The Kier molecular flexibility index (Phi) is 7.78. The molecule has 1 saturated heterocycles. The molecule has 4 rings (SSSR count). The van der Waals surface area contributed by atoms with E-state index >= 15 is 0 Å². The Morgan fingerprint density at radius 1 is 1.00 bits per heavy atom. The van der Waals surface area contributed by atoms with Crippen molar-refractivity contribution in [2.45, 2.75) is 31.8 Å². The number of hydrogen-bond acceptors (Lipinski definition) is 4. The zero-order chi connectivity index (χ0) is 24.9. The third kappa shape index (κ3) is 6.05. The fraction of sp³-hybridized carbons (Fsp3) is 0.222. The second-order valence-electron chi connectivity index (χ2n) is 8.56. The molecule has 0 saturated carbocycles. The first-order valence-corrected chi connectivity index (χ1v) is 12.7. The maximum atomic E-state index is 12.9. The van der Waals surface area contributed by atoms with Crippen LogP contribution in [0.25, 0.3) is 0 Å². The molecule has 0 unspecified atom stereocenters. The van der Waals surface area contributed by atoms with E-state index in [1.54, 1.807) is 48.2 Å². The largest absolute Gasteiger partial charge is 0.350 e. The first-order valence-electron chi connectivity index (χ1n) is 11.3. The molecule has 3 aromatic carbocycles. The second kappa shape index (κ2) is 11.0. The van der Waals surface area contributed by atoms with Gasteiger partial charge in [-0.15, -0.1) is 11.8 Å². The van der Waals surface area contributed by atoms with Crippen molar-refractivity contribution in [3.05, 3.63) is 100 Å². The zero-order valence-corrected chi connectivity index (χ0v) is 21.0. The third-order valence-corrected chi connectivity index (χ3v) is 7.04. The van der Waals surface area contributed by atoms with E-state index in [-0.39, 0.29) is 29.1 Å². The molecule has 1 atom stereocenters. The van der Waals surface area contributed by atoms with Crippen LogP contribution in [0.4, 0.5) is 5.69 Å². The summed E-state index contributed by atoms with van der Waals surface area (Å²) in [5.41, 5.74) is 3.27. The minimum Gasteiger partial charge on any atom is -0.350 e. The summed E-state index contributed by atoms with van der Waals surface area (Å²) >= 11 is 7.55. The Bertz CT molecular complexity index is 1230. The van der Waals surface area contributed by atoms with E-state index in [0.29, 0.717) is 34.1 Å². The average molecular weight is 508 g/mol. The lowest BCUT2D eigenvalue weighted by Gasteiger charge is -2.24. The minimum atomic E-state index is -0.311. The highest BCUT2D eigenvalue weighted by Crippen LogP contribution is 2.39. The molecule has 6 nitrogen and oxygen atoms in total. The van der Waals surface area contributed by atoms with Gasteiger partial charge < -0.3 is 15.5 Å². The van der Waals surface area contributed by atoms with Crippen LogP contribution in [0.5, 0.6) is 0 Å². The van der Waals surface area contributed by atoms with Gasteiger partial charge in [0.1, 0.15) is 5.37 Å². The summed E-state index contributed by atoms with van der Waals surface area (Å²) < 4.78 is 0. The SMILES string of the molecule is CC(C)NC(=O)c1ccccc1NC(=O)c1ccc([C@H]2SCC(=O)N2Cc2ccc(Cl)cc2)cc1. The molecule has 2 N–H and O–H groups in total. The highest BCUT2D eigenvalue weighted by atomic mass is 35.5. The average Bonchev–Trinajstić information content (AvgIpc) is 3.20. The smallest absolute Gasteiger partial charge is 0.255 e. The van der Waals surface area contributed by atoms with Crippen LogP contribution in [0.3, 0.4) is 0 Å².